The van der Waals surface area contributed by atoms with Gasteiger partial charge in [0.05, 0.1) is 6.54 Å². The van der Waals surface area contributed by atoms with Gasteiger partial charge in [-0.2, -0.15) is 5.10 Å². The zero-order valence-corrected chi connectivity index (χ0v) is 16.5. The van der Waals surface area contributed by atoms with E-state index in [0.717, 1.165) is 15.7 Å². The summed E-state index contributed by atoms with van der Waals surface area (Å²) in [6.45, 7) is 6.30. The molecule has 0 saturated heterocycles. The molecular formula is C18H21BrN4O3. The van der Waals surface area contributed by atoms with Gasteiger partial charge in [0.15, 0.2) is 5.69 Å². The first kappa shape index (κ1) is 18.4. The molecule has 7 nitrogen and oxygen atoms in total. The van der Waals surface area contributed by atoms with Crippen LogP contribution < -0.4 is 5.32 Å². The Morgan fingerprint density at radius 3 is 2.81 bits per heavy atom. The highest BCUT2D eigenvalue weighted by Crippen LogP contribution is 2.23. The molecule has 1 aromatic heterocycles. The quantitative estimate of drug-likeness (QED) is 0.774. The van der Waals surface area contributed by atoms with Crippen LogP contribution in [0, 0.1) is 0 Å². The van der Waals surface area contributed by atoms with Crippen LogP contribution in [-0.2, 0) is 17.7 Å². The van der Waals surface area contributed by atoms with Crippen molar-refractivity contribution >= 4 is 33.6 Å². The Bertz CT molecular complexity index is 841. The van der Waals surface area contributed by atoms with E-state index >= 15 is 0 Å². The molecule has 0 aliphatic carbocycles. The van der Waals surface area contributed by atoms with Gasteiger partial charge in [0.2, 0.25) is 0 Å². The van der Waals surface area contributed by atoms with E-state index in [1.54, 1.807) is 11.0 Å². The number of nitrogens with zero attached hydrogens (tertiary/aromatic N) is 2. The van der Waals surface area contributed by atoms with Gasteiger partial charge in [-0.05, 0) is 39.0 Å². The topological polar surface area (TPSA) is 87.3 Å². The van der Waals surface area contributed by atoms with E-state index in [1.807, 2.05) is 39.0 Å². The lowest BCUT2D eigenvalue weighted by atomic mass is 10.1. The fourth-order valence-electron chi connectivity index (χ4n) is 2.72. The number of benzene rings is 1. The fraction of sp³-hybridized carbons (Fsp3) is 0.389. The molecule has 2 N–H and O–H groups in total. The number of nitrogens with one attached hydrogen (secondary N) is 2. The van der Waals surface area contributed by atoms with Crippen molar-refractivity contribution in [3.8, 4) is 0 Å². The molecule has 0 radical (unpaired) electrons. The molecular weight excluding hydrogens is 400 g/mol. The summed E-state index contributed by atoms with van der Waals surface area (Å²) >= 11 is 3.38. The van der Waals surface area contributed by atoms with Gasteiger partial charge in [-0.15, -0.1) is 0 Å². The number of halogens is 1. The molecule has 26 heavy (non-hydrogen) atoms. The second-order valence-corrected chi connectivity index (χ2v) is 8.06. The van der Waals surface area contributed by atoms with Crippen LogP contribution in [0.4, 0.5) is 10.5 Å². The zero-order chi connectivity index (χ0) is 18.9. The summed E-state index contributed by atoms with van der Waals surface area (Å²) in [5.41, 5.74) is 2.02. The van der Waals surface area contributed by atoms with Crippen molar-refractivity contribution < 1.29 is 14.3 Å². The number of hydrogen-bond acceptors (Lipinski definition) is 4. The Morgan fingerprint density at radius 1 is 1.35 bits per heavy atom. The van der Waals surface area contributed by atoms with Crippen molar-refractivity contribution in [2.24, 2.45) is 0 Å². The van der Waals surface area contributed by atoms with Crippen LogP contribution in [0.25, 0.3) is 0 Å². The third-order valence-corrected chi connectivity index (χ3v) is 4.38. The predicted octanol–water partition coefficient (Wildman–Crippen LogP) is 3.72. The molecule has 0 spiro atoms. The van der Waals surface area contributed by atoms with E-state index in [0.29, 0.717) is 30.9 Å². The van der Waals surface area contributed by atoms with E-state index in [1.165, 1.54) is 0 Å². The standard InChI is InChI=1S/C18H21BrN4O3/c1-18(2,3)26-17(25)23-8-7-14-13(10-23)15(22-21-14)16(24)20-12-6-4-5-11(19)9-12/h4-6,9H,7-8,10H2,1-3H3,(H,20,24)(H,21,22). The third-order valence-electron chi connectivity index (χ3n) is 3.88. The average molecular weight is 421 g/mol. The third kappa shape index (κ3) is 4.24. The van der Waals surface area contributed by atoms with E-state index in [2.05, 4.69) is 31.4 Å². The summed E-state index contributed by atoms with van der Waals surface area (Å²) in [6, 6.07) is 7.33. The van der Waals surface area contributed by atoms with Gasteiger partial charge in [-0.1, -0.05) is 22.0 Å². The van der Waals surface area contributed by atoms with Gasteiger partial charge in [-0.3, -0.25) is 9.89 Å². The maximum atomic E-state index is 12.6. The van der Waals surface area contributed by atoms with Crippen LogP contribution in [-0.4, -0.2) is 39.2 Å². The van der Waals surface area contributed by atoms with Crippen molar-refractivity contribution in [2.75, 3.05) is 11.9 Å². The van der Waals surface area contributed by atoms with Crippen molar-refractivity contribution in [3.05, 3.63) is 45.7 Å². The Kier molecular flexibility index (Phi) is 5.04. The summed E-state index contributed by atoms with van der Waals surface area (Å²) in [5.74, 6) is -0.313. The summed E-state index contributed by atoms with van der Waals surface area (Å²) in [4.78, 5) is 26.5. The van der Waals surface area contributed by atoms with Crippen LogP contribution in [0.15, 0.2) is 28.7 Å². The summed E-state index contributed by atoms with van der Waals surface area (Å²) in [6.07, 6.45) is 0.217. The van der Waals surface area contributed by atoms with Gasteiger partial charge >= 0.3 is 6.09 Å². The first-order valence-electron chi connectivity index (χ1n) is 8.34. The minimum absolute atomic E-state index is 0.294. The number of carbonyl (C=O) groups is 2. The van der Waals surface area contributed by atoms with Crippen LogP contribution >= 0.6 is 15.9 Å². The van der Waals surface area contributed by atoms with E-state index in [9.17, 15) is 9.59 Å². The number of anilines is 1. The molecule has 0 bridgehead atoms. The SMILES string of the molecule is CC(C)(C)OC(=O)N1CCc2[nH]nc(C(=O)Nc3cccc(Br)c3)c2C1. The minimum Gasteiger partial charge on any atom is -0.444 e. The zero-order valence-electron chi connectivity index (χ0n) is 14.9. The number of ether oxygens (including phenoxy) is 1. The van der Waals surface area contributed by atoms with E-state index in [-0.39, 0.29) is 12.0 Å². The number of hydrogen-bond donors (Lipinski definition) is 2. The molecule has 1 aromatic carbocycles. The van der Waals surface area contributed by atoms with Gasteiger partial charge in [0, 0.05) is 34.4 Å². The van der Waals surface area contributed by atoms with Crippen LogP contribution in [0.3, 0.4) is 0 Å². The number of amides is 2. The maximum Gasteiger partial charge on any atom is 0.410 e. The molecule has 0 atom stereocenters. The Hall–Kier alpha value is -2.35. The normalized spacial score (nSPS) is 13.9. The number of fused-ring (bicyclic) bond motifs is 1. The Labute approximate surface area is 160 Å². The number of H-pyrrole nitrogens is 1. The Balaban J connectivity index is 1.75. The van der Waals surface area contributed by atoms with Gasteiger partial charge in [-0.25, -0.2) is 4.79 Å². The molecule has 0 saturated carbocycles. The molecule has 8 heteroatoms. The van der Waals surface area contributed by atoms with Crippen molar-refractivity contribution in [3.63, 3.8) is 0 Å². The lowest BCUT2D eigenvalue weighted by molar-refractivity contribution is 0.0222. The monoisotopic (exact) mass is 420 g/mol. The molecule has 2 aromatic rings. The average Bonchev–Trinajstić information content (AvgIpc) is 2.96. The van der Waals surface area contributed by atoms with Crippen LogP contribution in [0.1, 0.15) is 42.5 Å². The molecule has 1 aliphatic heterocycles. The smallest absolute Gasteiger partial charge is 0.410 e. The second kappa shape index (κ2) is 7.11. The summed E-state index contributed by atoms with van der Waals surface area (Å²) in [7, 11) is 0. The molecule has 138 valence electrons. The van der Waals surface area contributed by atoms with E-state index < -0.39 is 5.60 Å². The minimum atomic E-state index is -0.561. The summed E-state index contributed by atoms with van der Waals surface area (Å²) < 4.78 is 6.30. The van der Waals surface area contributed by atoms with Crippen molar-refractivity contribution in [1.82, 2.24) is 15.1 Å². The highest BCUT2D eigenvalue weighted by atomic mass is 79.9. The highest BCUT2D eigenvalue weighted by Gasteiger charge is 2.30. The maximum absolute atomic E-state index is 12.6. The molecule has 2 heterocycles. The number of aromatic amines is 1. The van der Waals surface area contributed by atoms with Gasteiger partial charge in [0.1, 0.15) is 5.60 Å². The first-order chi connectivity index (χ1) is 12.2. The van der Waals surface area contributed by atoms with Gasteiger partial charge in [0.25, 0.3) is 5.91 Å². The predicted molar refractivity (Wildman–Crippen MR) is 101 cm³/mol. The largest absolute Gasteiger partial charge is 0.444 e. The molecule has 1 aliphatic rings. The first-order valence-corrected chi connectivity index (χ1v) is 9.13. The van der Waals surface area contributed by atoms with Crippen molar-refractivity contribution in [2.45, 2.75) is 39.3 Å². The van der Waals surface area contributed by atoms with E-state index in [4.69, 9.17) is 4.74 Å². The molecule has 2 amide bonds. The van der Waals surface area contributed by atoms with Crippen LogP contribution in [0.5, 0.6) is 0 Å². The van der Waals surface area contributed by atoms with Crippen LogP contribution in [0.2, 0.25) is 0 Å². The van der Waals surface area contributed by atoms with Gasteiger partial charge < -0.3 is 15.0 Å². The Morgan fingerprint density at radius 2 is 2.12 bits per heavy atom. The molecule has 0 fully saturated rings. The number of rotatable bonds is 2. The highest BCUT2D eigenvalue weighted by molar-refractivity contribution is 9.10. The van der Waals surface area contributed by atoms with Crippen molar-refractivity contribution in [1.29, 1.82) is 0 Å². The fourth-order valence-corrected chi connectivity index (χ4v) is 3.12. The lowest BCUT2D eigenvalue weighted by Crippen LogP contribution is -2.40. The number of aromatic nitrogens is 2. The lowest BCUT2D eigenvalue weighted by Gasteiger charge is -2.30. The number of carbonyl (C=O) groups excluding carboxylic acids is 2. The summed E-state index contributed by atoms with van der Waals surface area (Å²) in [5, 5.41) is 9.90. The second-order valence-electron chi connectivity index (χ2n) is 7.15. The molecule has 0 unspecified atom stereocenters. The molecule has 3 rings (SSSR count).